The van der Waals surface area contributed by atoms with Crippen LogP contribution in [0.3, 0.4) is 0 Å². The van der Waals surface area contributed by atoms with Crippen molar-refractivity contribution in [1.82, 2.24) is 0 Å². The summed E-state index contributed by atoms with van der Waals surface area (Å²) in [5, 5.41) is 13.4. The Balaban J connectivity index is 1.57. The maximum absolute atomic E-state index is 11.7. The maximum Gasteiger partial charge on any atom is 0.333 e. The van der Waals surface area contributed by atoms with Crippen LogP contribution in [0.5, 0.6) is 0 Å². The number of methoxy groups -OCH3 is 1. The van der Waals surface area contributed by atoms with E-state index < -0.39 is 0 Å². The van der Waals surface area contributed by atoms with Gasteiger partial charge in [-0.1, -0.05) is 64.4 Å². The van der Waals surface area contributed by atoms with Crippen molar-refractivity contribution < 1.29 is 14.7 Å². The molecule has 7 atom stereocenters. The SMILES string of the molecule is COC(=O)/C(C)=C\CC[C@H](C)[C@@H]1CC[C@]2(C)C3=CC[C@H]4C(C)(C)/C(=N/O)CC[C@]4(C)[C@H]3CC[C@@]12C. The summed E-state index contributed by atoms with van der Waals surface area (Å²) >= 11 is 0. The van der Waals surface area contributed by atoms with E-state index in [1.54, 1.807) is 5.57 Å². The second kappa shape index (κ2) is 9.06. The third-order valence-corrected chi connectivity index (χ3v) is 12.1. The zero-order valence-corrected chi connectivity index (χ0v) is 23.5. The van der Waals surface area contributed by atoms with Crippen molar-refractivity contribution in [3.8, 4) is 0 Å². The third-order valence-electron chi connectivity index (χ3n) is 12.1. The summed E-state index contributed by atoms with van der Waals surface area (Å²) in [4.78, 5) is 11.7. The van der Waals surface area contributed by atoms with Gasteiger partial charge < -0.3 is 9.94 Å². The molecule has 3 fully saturated rings. The molecule has 4 aliphatic rings. The molecule has 4 aliphatic carbocycles. The minimum absolute atomic E-state index is 0.0476. The Bertz CT molecular complexity index is 945. The Morgan fingerprint density at radius 2 is 1.91 bits per heavy atom. The van der Waals surface area contributed by atoms with Crippen molar-refractivity contribution >= 4 is 11.7 Å². The Morgan fingerprint density at radius 3 is 2.57 bits per heavy atom. The molecule has 0 aromatic carbocycles. The number of ether oxygens (including phenoxy) is 1. The van der Waals surface area contributed by atoms with Crippen LogP contribution in [0.25, 0.3) is 0 Å². The molecule has 3 saturated carbocycles. The van der Waals surface area contributed by atoms with Gasteiger partial charge in [0.25, 0.3) is 0 Å². The number of carbonyl (C=O) groups is 1. The largest absolute Gasteiger partial charge is 0.466 e. The molecular weight excluding hydrogens is 434 g/mol. The molecule has 0 aromatic heterocycles. The number of fused-ring (bicyclic) bond motifs is 5. The standard InChI is InChI=1S/C31H49NO3/c1-20(10-9-11-21(2)27(33)35-8)22-14-18-31(7)24-12-13-25-28(3,4)26(32-34)16-17-29(25,5)23(24)15-19-30(22,31)6/h11-12,20,22-23,25,34H,9-10,13-19H2,1-8H3/b21-11-,32-26+/t20-,22-,23-,25-,29+,30-,31+/m0/s1. The molecule has 196 valence electrons. The van der Waals surface area contributed by atoms with Crippen LogP contribution < -0.4 is 0 Å². The van der Waals surface area contributed by atoms with Gasteiger partial charge in [-0.05, 0) is 105 Å². The Hall–Kier alpha value is -1.58. The molecule has 0 spiro atoms. The molecule has 4 heteroatoms. The summed E-state index contributed by atoms with van der Waals surface area (Å²) in [5.74, 6) is 2.35. The van der Waals surface area contributed by atoms with Gasteiger partial charge in [0, 0.05) is 11.0 Å². The van der Waals surface area contributed by atoms with Gasteiger partial charge in [-0.3, -0.25) is 0 Å². The van der Waals surface area contributed by atoms with Gasteiger partial charge in [0.1, 0.15) is 0 Å². The second-order valence-electron chi connectivity index (χ2n) is 13.6. The minimum atomic E-state index is -0.212. The van der Waals surface area contributed by atoms with Gasteiger partial charge in [0.15, 0.2) is 0 Å². The first-order chi connectivity index (χ1) is 16.4. The molecule has 1 N–H and O–H groups in total. The summed E-state index contributed by atoms with van der Waals surface area (Å²) in [6.45, 7) is 16.7. The van der Waals surface area contributed by atoms with E-state index in [9.17, 15) is 10.0 Å². The number of esters is 1. The Morgan fingerprint density at radius 1 is 1.20 bits per heavy atom. The number of nitrogens with zero attached hydrogens (tertiary/aromatic N) is 1. The molecule has 0 amide bonds. The molecule has 0 unspecified atom stereocenters. The van der Waals surface area contributed by atoms with E-state index in [0.717, 1.165) is 49.3 Å². The zero-order valence-electron chi connectivity index (χ0n) is 23.5. The van der Waals surface area contributed by atoms with Crippen molar-refractivity contribution in [3.63, 3.8) is 0 Å². The van der Waals surface area contributed by atoms with E-state index >= 15 is 0 Å². The topological polar surface area (TPSA) is 58.9 Å². The van der Waals surface area contributed by atoms with Crippen molar-refractivity contribution in [2.45, 2.75) is 106 Å². The third kappa shape index (κ3) is 3.84. The first-order valence-electron chi connectivity index (χ1n) is 14.0. The fourth-order valence-corrected chi connectivity index (χ4v) is 9.66. The van der Waals surface area contributed by atoms with Crippen LogP contribution >= 0.6 is 0 Å². The Labute approximate surface area is 213 Å². The quantitative estimate of drug-likeness (QED) is 0.142. The number of hydrogen-bond acceptors (Lipinski definition) is 4. The molecule has 4 rings (SSSR count). The van der Waals surface area contributed by atoms with E-state index in [1.807, 2.05) is 6.92 Å². The van der Waals surface area contributed by atoms with Gasteiger partial charge in [-0.2, -0.15) is 0 Å². The number of oxime groups is 1. The highest BCUT2D eigenvalue weighted by molar-refractivity contribution is 5.90. The van der Waals surface area contributed by atoms with Crippen LogP contribution in [0.1, 0.15) is 106 Å². The molecule has 0 saturated heterocycles. The van der Waals surface area contributed by atoms with Crippen molar-refractivity contribution in [1.29, 1.82) is 0 Å². The molecular formula is C31H49NO3. The average molecular weight is 484 g/mol. The first kappa shape index (κ1) is 26.5. The summed E-state index contributed by atoms with van der Waals surface area (Å²) in [6.07, 6.45) is 15.2. The van der Waals surface area contributed by atoms with Crippen molar-refractivity contribution in [2.75, 3.05) is 7.11 Å². The average Bonchev–Trinajstić information content (AvgIpc) is 3.09. The highest BCUT2D eigenvalue weighted by atomic mass is 16.5. The minimum Gasteiger partial charge on any atom is -0.466 e. The van der Waals surface area contributed by atoms with E-state index in [2.05, 4.69) is 58.9 Å². The molecule has 0 aliphatic heterocycles. The highest BCUT2D eigenvalue weighted by Gasteiger charge is 2.65. The zero-order chi connectivity index (χ0) is 25.8. The molecule has 35 heavy (non-hydrogen) atoms. The smallest absolute Gasteiger partial charge is 0.333 e. The molecule has 0 bridgehead atoms. The lowest BCUT2D eigenvalue weighted by Gasteiger charge is -2.63. The van der Waals surface area contributed by atoms with Crippen molar-refractivity contribution in [2.24, 2.45) is 50.5 Å². The number of rotatable bonds is 5. The fourth-order valence-electron chi connectivity index (χ4n) is 9.66. The summed E-state index contributed by atoms with van der Waals surface area (Å²) in [5.41, 5.74) is 4.33. The summed E-state index contributed by atoms with van der Waals surface area (Å²) in [7, 11) is 1.45. The lowest BCUT2D eigenvalue weighted by molar-refractivity contribution is -0.136. The predicted octanol–water partition coefficient (Wildman–Crippen LogP) is 7.96. The summed E-state index contributed by atoms with van der Waals surface area (Å²) < 4.78 is 4.86. The highest BCUT2D eigenvalue weighted by Crippen LogP contribution is 2.73. The number of hydrogen-bond donors (Lipinski definition) is 1. The maximum atomic E-state index is 11.7. The number of carbonyl (C=O) groups excluding carboxylic acids is 1. The van der Waals surface area contributed by atoms with E-state index in [4.69, 9.17) is 4.74 Å². The van der Waals surface area contributed by atoms with Crippen LogP contribution in [0, 0.1) is 45.3 Å². The number of allylic oxidation sites excluding steroid dienone is 3. The molecule has 0 aromatic rings. The van der Waals surface area contributed by atoms with E-state index in [-0.39, 0.29) is 22.2 Å². The van der Waals surface area contributed by atoms with Crippen LogP contribution in [0.15, 0.2) is 28.5 Å². The lowest BCUT2D eigenvalue weighted by atomic mass is 9.41. The first-order valence-corrected chi connectivity index (χ1v) is 14.0. The van der Waals surface area contributed by atoms with Gasteiger partial charge in [-0.25, -0.2) is 4.79 Å². The van der Waals surface area contributed by atoms with Crippen LogP contribution in [0.2, 0.25) is 0 Å². The predicted molar refractivity (Wildman–Crippen MR) is 142 cm³/mol. The Kier molecular flexibility index (Phi) is 6.86. The second-order valence-corrected chi connectivity index (χ2v) is 13.6. The lowest BCUT2D eigenvalue weighted by Crippen LogP contribution is -2.57. The van der Waals surface area contributed by atoms with Crippen LogP contribution in [-0.2, 0) is 9.53 Å². The van der Waals surface area contributed by atoms with Gasteiger partial charge in [0.05, 0.1) is 12.8 Å². The van der Waals surface area contributed by atoms with E-state index in [0.29, 0.717) is 23.2 Å². The summed E-state index contributed by atoms with van der Waals surface area (Å²) in [6, 6.07) is 0. The van der Waals surface area contributed by atoms with Gasteiger partial charge >= 0.3 is 5.97 Å². The molecule has 4 nitrogen and oxygen atoms in total. The van der Waals surface area contributed by atoms with Gasteiger partial charge in [-0.15, -0.1) is 0 Å². The van der Waals surface area contributed by atoms with Crippen LogP contribution in [0.4, 0.5) is 0 Å². The molecule has 0 radical (unpaired) electrons. The van der Waals surface area contributed by atoms with E-state index in [1.165, 1.54) is 32.8 Å². The normalized spacial score (nSPS) is 42.5. The fraction of sp³-hybridized carbons (Fsp3) is 0.806. The van der Waals surface area contributed by atoms with Gasteiger partial charge in [0.2, 0.25) is 0 Å². The van der Waals surface area contributed by atoms with Crippen molar-refractivity contribution in [3.05, 3.63) is 23.3 Å². The monoisotopic (exact) mass is 483 g/mol. The molecule has 0 heterocycles. The van der Waals surface area contributed by atoms with Crippen LogP contribution in [-0.4, -0.2) is 24.0 Å².